The maximum absolute atomic E-state index is 12.6. The minimum atomic E-state index is -0.353. The zero-order valence-corrected chi connectivity index (χ0v) is 18.0. The molecule has 7 heteroatoms. The molecular formula is C24H24N2O4S. The monoisotopic (exact) mass is 436 g/mol. The van der Waals surface area contributed by atoms with Crippen LogP contribution in [0.4, 0.5) is 5.69 Å². The Hall–Kier alpha value is -3.42. The van der Waals surface area contributed by atoms with Gasteiger partial charge >= 0.3 is 0 Å². The molecule has 0 radical (unpaired) electrons. The van der Waals surface area contributed by atoms with Crippen molar-refractivity contribution in [3.8, 4) is 17.2 Å². The van der Waals surface area contributed by atoms with Crippen LogP contribution in [0.3, 0.4) is 0 Å². The van der Waals surface area contributed by atoms with E-state index in [2.05, 4.69) is 10.6 Å². The smallest absolute Gasteiger partial charge is 0.261 e. The molecule has 0 heterocycles. The van der Waals surface area contributed by atoms with Crippen molar-refractivity contribution in [3.05, 3.63) is 84.4 Å². The predicted molar refractivity (Wildman–Crippen MR) is 125 cm³/mol. The van der Waals surface area contributed by atoms with Gasteiger partial charge in [0, 0.05) is 12.3 Å². The third-order valence-corrected chi connectivity index (χ3v) is 4.34. The van der Waals surface area contributed by atoms with E-state index in [0.29, 0.717) is 36.9 Å². The molecule has 0 aliphatic heterocycles. The minimum Gasteiger partial charge on any atom is -0.490 e. The van der Waals surface area contributed by atoms with Crippen molar-refractivity contribution in [1.29, 1.82) is 0 Å². The van der Waals surface area contributed by atoms with E-state index in [-0.39, 0.29) is 11.0 Å². The Kier molecular flexibility index (Phi) is 8.39. The first-order valence-electron chi connectivity index (χ1n) is 9.90. The Morgan fingerprint density at radius 3 is 2.29 bits per heavy atom. The number of benzene rings is 3. The molecule has 0 atom stereocenters. The molecule has 3 rings (SSSR count). The van der Waals surface area contributed by atoms with E-state index in [4.69, 9.17) is 26.4 Å². The highest BCUT2D eigenvalue weighted by Gasteiger charge is 2.13. The largest absolute Gasteiger partial charge is 0.490 e. The van der Waals surface area contributed by atoms with E-state index >= 15 is 0 Å². The summed E-state index contributed by atoms with van der Waals surface area (Å²) in [6, 6.07) is 23.8. The fourth-order valence-electron chi connectivity index (χ4n) is 2.70. The van der Waals surface area contributed by atoms with Gasteiger partial charge in [0.1, 0.15) is 23.9 Å². The lowest BCUT2D eigenvalue weighted by Crippen LogP contribution is -2.34. The van der Waals surface area contributed by atoms with Crippen LogP contribution in [0.15, 0.2) is 78.9 Å². The summed E-state index contributed by atoms with van der Waals surface area (Å²) in [4.78, 5) is 12.6. The van der Waals surface area contributed by atoms with Crippen LogP contribution in [0.2, 0.25) is 0 Å². The Bertz CT molecular complexity index is 994. The van der Waals surface area contributed by atoms with Gasteiger partial charge in [0.2, 0.25) is 0 Å². The van der Waals surface area contributed by atoms with Crippen LogP contribution >= 0.6 is 12.2 Å². The van der Waals surface area contributed by atoms with Crippen molar-refractivity contribution < 1.29 is 19.0 Å². The molecule has 160 valence electrons. The topological polar surface area (TPSA) is 68.8 Å². The Labute approximate surface area is 187 Å². The van der Waals surface area contributed by atoms with Gasteiger partial charge in [-0.2, -0.15) is 0 Å². The normalized spacial score (nSPS) is 10.2. The van der Waals surface area contributed by atoms with E-state index in [0.717, 1.165) is 11.4 Å². The Morgan fingerprint density at radius 2 is 1.55 bits per heavy atom. The molecule has 3 aromatic rings. The number of rotatable bonds is 9. The number of carbonyl (C=O) groups is 1. The van der Waals surface area contributed by atoms with Crippen molar-refractivity contribution in [3.63, 3.8) is 0 Å². The van der Waals surface area contributed by atoms with Crippen LogP contribution < -0.4 is 20.1 Å². The SMILES string of the molecule is CCOCCOc1ccccc1C(=O)NC(=S)Nc1ccc(Oc2ccccc2)cc1. The van der Waals surface area contributed by atoms with Gasteiger partial charge in [-0.15, -0.1) is 0 Å². The number of carbonyl (C=O) groups excluding carboxylic acids is 1. The number of hydrogen-bond donors (Lipinski definition) is 2. The molecule has 2 N–H and O–H groups in total. The third-order valence-electron chi connectivity index (χ3n) is 4.14. The molecule has 0 aliphatic carbocycles. The molecule has 0 saturated heterocycles. The van der Waals surface area contributed by atoms with Crippen LogP contribution in [0.5, 0.6) is 17.2 Å². The highest BCUT2D eigenvalue weighted by atomic mass is 32.1. The average molecular weight is 437 g/mol. The zero-order chi connectivity index (χ0) is 21.9. The highest BCUT2D eigenvalue weighted by Crippen LogP contribution is 2.23. The van der Waals surface area contributed by atoms with Crippen molar-refractivity contribution in [2.24, 2.45) is 0 Å². The van der Waals surface area contributed by atoms with E-state index in [9.17, 15) is 4.79 Å². The number of amides is 1. The number of hydrogen-bond acceptors (Lipinski definition) is 5. The summed E-state index contributed by atoms with van der Waals surface area (Å²) in [5.41, 5.74) is 1.13. The molecular weight excluding hydrogens is 412 g/mol. The molecule has 1 amide bonds. The van der Waals surface area contributed by atoms with Crippen molar-refractivity contribution in [1.82, 2.24) is 5.32 Å². The first kappa shape index (κ1) is 22.3. The maximum atomic E-state index is 12.6. The molecule has 31 heavy (non-hydrogen) atoms. The van der Waals surface area contributed by atoms with Gasteiger partial charge < -0.3 is 19.5 Å². The summed E-state index contributed by atoms with van der Waals surface area (Å²) < 4.78 is 16.7. The minimum absolute atomic E-state index is 0.186. The van der Waals surface area contributed by atoms with E-state index in [1.54, 1.807) is 18.2 Å². The van der Waals surface area contributed by atoms with Gasteiger partial charge in [0.25, 0.3) is 5.91 Å². The number of anilines is 1. The number of thiocarbonyl (C=S) groups is 1. The molecule has 0 spiro atoms. The lowest BCUT2D eigenvalue weighted by atomic mass is 10.2. The van der Waals surface area contributed by atoms with Crippen molar-refractivity contribution in [2.45, 2.75) is 6.92 Å². The number of nitrogens with one attached hydrogen (secondary N) is 2. The van der Waals surface area contributed by atoms with Crippen LogP contribution in [0, 0.1) is 0 Å². The van der Waals surface area contributed by atoms with Gasteiger partial charge in [-0.25, -0.2) is 0 Å². The highest BCUT2D eigenvalue weighted by molar-refractivity contribution is 7.80. The average Bonchev–Trinajstić information content (AvgIpc) is 2.79. The van der Waals surface area contributed by atoms with E-state index < -0.39 is 0 Å². The van der Waals surface area contributed by atoms with Gasteiger partial charge in [-0.3, -0.25) is 10.1 Å². The predicted octanol–water partition coefficient (Wildman–Crippen LogP) is 5.02. The first-order valence-corrected chi connectivity index (χ1v) is 10.3. The van der Waals surface area contributed by atoms with Crippen LogP contribution in [-0.4, -0.2) is 30.8 Å². The molecule has 0 bridgehead atoms. The second kappa shape index (κ2) is 11.7. The van der Waals surface area contributed by atoms with Crippen molar-refractivity contribution >= 4 is 28.9 Å². The fourth-order valence-corrected chi connectivity index (χ4v) is 2.91. The zero-order valence-electron chi connectivity index (χ0n) is 17.2. The second-order valence-electron chi connectivity index (χ2n) is 6.39. The molecule has 0 fully saturated rings. The molecule has 6 nitrogen and oxygen atoms in total. The molecule has 0 aliphatic rings. The second-order valence-corrected chi connectivity index (χ2v) is 6.80. The summed E-state index contributed by atoms with van der Waals surface area (Å²) >= 11 is 5.28. The van der Waals surface area contributed by atoms with E-state index in [1.807, 2.05) is 67.6 Å². The lowest BCUT2D eigenvalue weighted by Gasteiger charge is -2.13. The molecule has 0 aromatic heterocycles. The van der Waals surface area contributed by atoms with Gasteiger partial charge in [-0.05, 0) is 67.7 Å². The summed E-state index contributed by atoms with van der Waals surface area (Å²) in [7, 11) is 0. The van der Waals surface area contributed by atoms with Crippen LogP contribution in [-0.2, 0) is 4.74 Å². The Balaban J connectivity index is 1.54. The molecule has 0 saturated carbocycles. The third kappa shape index (κ3) is 7.09. The van der Waals surface area contributed by atoms with Crippen LogP contribution in [0.1, 0.15) is 17.3 Å². The molecule has 3 aromatic carbocycles. The van der Waals surface area contributed by atoms with Crippen molar-refractivity contribution in [2.75, 3.05) is 25.1 Å². The quantitative estimate of drug-likeness (QED) is 0.363. The fraction of sp³-hybridized carbons (Fsp3) is 0.167. The first-order chi connectivity index (χ1) is 15.2. The van der Waals surface area contributed by atoms with Gasteiger partial charge in [-0.1, -0.05) is 30.3 Å². The molecule has 0 unspecified atom stereocenters. The summed E-state index contributed by atoms with van der Waals surface area (Å²) in [5, 5.41) is 5.86. The van der Waals surface area contributed by atoms with Gasteiger partial charge in [0.15, 0.2) is 5.11 Å². The Morgan fingerprint density at radius 1 is 0.871 bits per heavy atom. The van der Waals surface area contributed by atoms with E-state index in [1.165, 1.54) is 0 Å². The lowest BCUT2D eigenvalue weighted by molar-refractivity contribution is 0.0958. The maximum Gasteiger partial charge on any atom is 0.261 e. The summed E-state index contributed by atoms with van der Waals surface area (Å²) in [6.45, 7) is 3.35. The van der Waals surface area contributed by atoms with Gasteiger partial charge in [0.05, 0.1) is 12.2 Å². The number of para-hydroxylation sites is 2. The summed E-state index contributed by atoms with van der Waals surface area (Å²) in [5.74, 6) is 1.58. The summed E-state index contributed by atoms with van der Waals surface area (Å²) in [6.07, 6.45) is 0. The van der Waals surface area contributed by atoms with Crippen LogP contribution in [0.25, 0.3) is 0 Å². The standard InChI is InChI=1S/C24H24N2O4S/c1-2-28-16-17-29-22-11-7-6-10-21(22)23(27)26-24(31)25-18-12-14-20(15-13-18)30-19-8-4-3-5-9-19/h3-15H,2,16-17H2,1H3,(H2,25,26,27,31). The number of ether oxygens (including phenoxy) is 3.